The lowest BCUT2D eigenvalue weighted by Gasteiger charge is -2.15. The van der Waals surface area contributed by atoms with Gasteiger partial charge in [-0.15, -0.1) is 0 Å². The zero-order chi connectivity index (χ0) is 23.9. The van der Waals surface area contributed by atoms with Crippen LogP contribution in [0.5, 0.6) is 11.5 Å². The van der Waals surface area contributed by atoms with Crippen LogP contribution in [0.3, 0.4) is 0 Å². The molecule has 9 heteroatoms. The quantitative estimate of drug-likeness (QED) is 0.277. The zero-order valence-electron chi connectivity index (χ0n) is 17.8. The predicted octanol–water partition coefficient (Wildman–Crippen LogP) is 2.92. The van der Waals surface area contributed by atoms with Gasteiger partial charge in [-0.3, -0.25) is 0 Å². The van der Waals surface area contributed by atoms with Gasteiger partial charge in [0.05, 0.1) is 5.56 Å². The highest BCUT2D eigenvalue weighted by atomic mass is 16.5. The Labute approximate surface area is 187 Å². The first-order chi connectivity index (χ1) is 15.7. The third kappa shape index (κ3) is 4.35. The molecule has 2 heterocycles. The van der Waals surface area contributed by atoms with Crippen LogP contribution in [-0.2, 0) is 6.61 Å². The number of hydrogen-bond donors (Lipinski definition) is 5. The van der Waals surface area contributed by atoms with Crippen LogP contribution in [0.15, 0.2) is 56.1 Å². The van der Waals surface area contributed by atoms with Gasteiger partial charge in [-0.05, 0) is 43.7 Å². The van der Waals surface area contributed by atoms with Crippen LogP contribution in [-0.4, -0.2) is 25.5 Å². The zero-order valence-corrected chi connectivity index (χ0v) is 17.8. The number of aliphatic hydroxyl groups excluding tert-OH is 2. The molecule has 0 saturated heterocycles. The molecule has 33 heavy (non-hydrogen) atoms. The highest BCUT2D eigenvalue weighted by Gasteiger charge is 2.19. The Kier molecular flexibility index (Phi) is 5.96. The Balaban J connectivity index is 1.59. The van der Waals surface area contributed by atoms with E-state index in [0.717, 1.165) is 5.39 Å². The first kappa shape index (κ1) is 22.6. The summed E-state index contributed by atoms with van der Waals surface area (Å²) >= 11 is 0. The van der Waals surface area contributed by atoms with E-state index in [2.05, 4.69) is 0 Å². The van der Waals surface area contributed by atoms with Crippen molar-refractivity contribution < 1.29 is 39.1 Å². The second-order valence-corrected chi connectivity index (χ2v) is 7.63. The number of fused-ring (bicyclic) bond motifs is 1. The lowest BCUT2D eigenvalue weighted by Crippen LogP contribution is -2.07. The molecule has 0 aliphatic carbocycles. The van der Waals surface area contributed by atoms with Gasteiger partial charge >= 0.3 is 5.63 Å². The summed E-state index contributed by atoms with van der Waals surface area (Å²) in [5.74, 6) is 0.748. The van der Waals surface area contributed by atoms with Gasteiger partial charge in [-0.2, -0.15) is 0 Å². The van der Waals surface area contributed by atoms with Gasteiger partial charge in [0.25, 0.3) is 0 Å². The van der Waals surface area contributed by atoms with Crippen molar-refractivity contribution in [2.45, 2.75) is 33.0 Å². The number of aliphatic hydroxyl groups is 4. The molecule has 0 spiro atoms. The summed E-state index contributed by atoms with van der Waals surface area (Å²) in [6, 6.07) is 11.2. The van der Waals surface area contributed by atoms with Crippen molar-refractivity contribution in [2.24, 2.45) is 0 Å². The fourth-order valence-corrected chi connectivity index (χ4v) is 3.52. The summed E-state index contributed by atoms with van der Waals surface area (Å²) in [5.41, 5.74) is 0.870. The molecule has 0 unspecified atom stereocenters. The highest BCUT2D eigenvalue weighted by molar-refractivity contribution is 5.83. The first-order valence-electron chi connectivity index (χ1n) is 10.0. The van der Waals surface area contributed by atoms with Crippen molar-refractivity contribution >= 4 is 11.0 Å². The Morgan fingerprint density at radius 2 is 1.61 bits per heavy atom. The topological polar surface area (TPSA) is 154 Å². The van der Waals surface area contributed by atoms with Crippen molar-refractivity contribution in [3.05, 3.63) is 80.7 Å². The van der Waals surface area contributed by atoms with Crippen LogP contribution < -0.4 is 10.4 Å². The maximum Gasteiger partial charge on any atom is 0.343 e. The predicted molar refractivity (Wildman–Crippen MR) is 116 cm³/mol. The van der Waals surface area contributed by atoms with Gasteiger partial charge in [-0.1, -0.05) is 12.1 Å². The summed E-state index contributed by atoms with van der Waals surface area (Å²) in [7, 11) is 0. The van der Waals surface area contributed by atoms with Crippen molar-refractivity contribution in [1.82, 2.24) is 0 Å². The number of hydrogen-bond acceptors (Lipinski definition) is 9. The van der Waals surface area contributed by atoms with Gasteiger partial charge in [0.15, 0.2) is 24.1 Å². The van der Waals surface area contributed by atoms with Crippen LogP contribution in [0.4, 0.5) is 0 Å². The largest absolute Gasteiger partial charge is 0.507 e. The van der Waals surface area contributed by atoms with Gasteiger partial charge in [0, 0.05) is 28.1 Å². The lowest BCUT2D eigenvalue weighted by atomic mass is 10.0. The van der Waals surface area contributed by atoms with Crippen molar-refractivity contribution in [1.29, 1.82) is 0 Å². The molecule has 4 aromatic rings. The van der Waals surface area contributed by atoms with E-state index >= 15 is 0 Å². The molecule has 0 aliphatic heterocycles. The van der Waals surface area contributed by atoms with Crippen molar-refractivity contribution in [3.63, 3.8) is 0 Å². The normalized spacial score (nSPS) is 11.6. The molecule has 0 saturated carbocycles. The third-order valence-corrected chi connectivity index (χ3v) is 5.38. The van der Waals surface area contributed by atoms with E-state index in [1.165, 1.54) is 19.1 Å². The minimum atomic E-state index is -1.87. The fraction of sp³-hybridized carbons (Fsp3) is 0.208. The van der Waals surface area contributed by atoms with Gasteiger partial charge in [-0.25, -0.2) is 4.79 Å². The highest BCUT2D eigenvalue weighted by Crippen LogP contribution is 2.35. The summed E-state index contributed by atoms with van der Waals surface area (Å²) in [4.78, 5) is 12.0. The minimum absolute atomic E-state index is 0.0117. The van der Waals surface area contributed by atoms with Crippen LogP contribution in [0, 0.1) is 13.8 Å². The standard InChI is InChI=1S/C24H22O9/c1-11-20(25)12(2)24(30)33-21(11)19-8-14-4-5-15(9-18(14)32-19)31-10-13-3-6-16(22(26)27)17(7-13)23(28)29/h3-9,22-23,25-29H,10H2,1-2H3. The Bertz CT molecular complexity index is 1380. The molecule has 172 valence electrons. The summed E-state index contributed by atoms with van der Waals surface area (Å²) in [5, 5.41) is 48.5. The molecule has 0 bridgehead atoms. The monoisotopic (exact) mass is 454 g/mol. The van der Waals surface area contributed by atoms with Gasteiger partial charge < -0.3 is 39.1 Å². The molecule has 0 atom stereocenters. The van der Waals surface area contributed by atoms with Crippen LogP contribution in [0.25, 0.3) is 22.5 Å². The number of benzene rings is 2. The molecular weight excluding hydrogens is 432 g/mol. The van der Waals surface area contributed by atoms with Gasteiger partial charge in [0.1, 0.15) is 23.7 Å². The molecule has 0 radical (unpaired) electrons. The van der Waals surface area contributed by atoms with Gasteiger partial charge in [0.2, 0.25) is 0 Å². The number of furan rings is 1. The van der Waals surface area contributed by atoms with Crippen LogP contribution in [0.1, 0.15) is 40.4 Å². The summed E-state index contributed by atoms with van der Waals surface area (Å²) in [6.07, 6.45) is -3.71. The van der Waals surface area contributed by atoms with E-state index in [1.54, 1.807) is 37.3 Å². The van der Waals surface area contributed by atoms with E-state index in [4.69, 9.17) is 13.6 Å². The van der Waals surface area contributed by atoms with Crippen LogP contribution in [0.2, 0.25) is 0 Å². The molecule has 0 aliphatic rings. The molecule has 4 rings (SSSR count). The fourth-order valence-electron chi connectivity index (χ4n) is 3.52. The summed E-state index contributed by atoms with van der Waals surface area (Å²) in [6.45, 7) is 3.17. The minimum Gasteiger partial charge on any atom is -0.507 e. The van der Waals surface area contributed by atoms with E-state index < -0.39 is 18.2 Å². The molecule has 0 fully saturated rings. The average molecular weight is 454 g/mol. The number of rotatable bonds is 6. The second kappa shape index (κ2) is 8.72. The lowest BCUT2D eigenvalue weighted by molar-refractivity contribution is -0.0635. The van der Waals surface area contributed by atoms with E-state index in [0.29, 0.717) is 22.5 Å². The van der Waals surface area contributed by atoms with E-state index in [-0.39, 0.29) is 40.6 Å². The Morgan fingerprint density at radius 3 is 2.30 bits per heavy atom. The average Bonchev–Trinajstić information content (AvgIpc) is 3.21. The van der Waals surface area contributed by atoms with E-state index in [1.807, 2.05) is 0 Å². The Morgan fingerprint density at radius 1 is 0.879 bits per heavy atom. The summed E-state index contributed by atoms with van der Waals surface area (Å²) < 4.78 is 16.9. The van der Waals surface area contributed by atoms with Crippen molar-refractivity contribution in [3.8, 4) is 23.0 Å². The molecule has 2 aromatic carbocycles. The van der Waals surface area contributed by atoms with Crippen molar-refractivity contribution in [2.75, 3.05) is 0 Å². The second-order valence-electron chi connectivity index (χ2n) is 7.63. The SMILES string of the molecule is Cc1c(-c2cc3ccc(OCc4ccc(C(O)O)c(C(O)O)c4)cc3o2)oc(=O)c(C)c1O. The third-order valence-electron chi connectivity index (χ3n) is 5.38. The molecule has 0 amide bonds. The first-order valence-corrected chi connectivity index (χ1v) is 10.0. The molecule has 2 aromatic heterocycles. The smallest absolute Gasteiger partial charge is 0.343 e. The molecule has 5 N–H and O–H groups in total. The maximum absolute atomic E-state index is 12.0. The number of ether oxygens (including phenoxy) is 1. The van der Waals surface area contributed by atoms with E-state index in [9.17, 15) is 30.3 Å². The van der Waals surface area contributed by atoms with Crippen LogP contribution >= 0.6 is 0 Å². The Hall–Kier alpha value is -3.63. The molecular formula is C24H22O9. The number of aromatic hydroxyl groups is 1. The molecule has 9 nitrogen and oxygen atoms in total. The maximum atomic E-state index is 12.0.